The number of hydrogen-bond acceptors (Lipinski definition) is 4. The fourth-order valence-electron chi connectivity index (χ4n) is 3.48. The SMILES string of the molecule is COc1ccc(-c2nn(-c3ccccc3)cc2/C=C2\Oc3ccc(Br)cc3C2=O)cc1. The first kappa shape index (κ1) is 19.3. The molecule has 0 atom stereocenters. The van der Waals surface area contributed by atoms with Crippen LogP contribution in [0.25, 0.3) is 23.0 Å². The zero-order valence-corrected chi connectivity index (χ0v) is 18.2. The van der Waals surface area contributed by atoms with Gasteiger partial charge >= 0.3 is 0 Å². The van der Waals surface area contributed by atoms with E-state index in [0.717, 1.165) is 32.7 Å². The number of carbonyl (C=O) groups is 1. The molecule has 1 aliphatic rings. The maximum Gasteiger partial charge on any atom is 0.232 e. The van der Waals surface area contributed by atoms with Gasteiger partial charge in [-0.1, -0.05) is 34.1 Å². The van der Waals surface area contributed by atoms with Crippen molar-refractivity contribution < 1.29 is 14.3 Å². The van der Waals surface area contributed by atoms with Gasteiger partial charge in [0.2, 0.25) is 5.78 Å². The average molecular weight is 473 g/mol. The molecular formula is C25H17BrN2O3. The number of fused-ring (bicyclic) bond motifs is 1. The molecule has 1 aliphatic heterocycles. The zero-order chi connectivity index (χ0) is 21.4. The number of para-hydroxylation sites is 1. The highest BCUT2D eigenvalue weighted by atomic mass is 79.9. The Balaban J connectivity index is 1.61. The van der Waals surface area contributed by atoms with Crippen molar-refractivity contribution in [1.29, 1.82) is 0 Å². The molecule has 0 spiro atoms. The van der Waals surface area contributed by atoms with Gasteiger partial charge in [-0.25, -0.2) is 4.68 Å². The van der Waals surface area contributed by atoms with Gasteiger partial charge in [0, 0.05) is 21.8 Å². The third-order valence-electron chi connectivity index (χ3n) is 5.04. The van der Waals surface area contributed by atoms with Crippen LogP contribution in [0.3, 0.4) is 0 Å². The highest BCUT2D eigenvalue weighted by Gasteiger charge is 2.28. The van der Waals surface area contributed by atoms with E-state index in [1.807, 2.05) is 66.9 Å². The Hall–Kier alpha value is -3.64. The summed E-state index contributed by atoms with van der Waals surface area (Å²) < 4.78 is 13.8. The van der Waals surface area contributed by atoms with E-state index < -0.39 is 0 Å². The molecule has 0 fully saturated rings. The van der Waals surface area contributed by atoms with Crippen molar-refractivity contribution in [2.24, 2.45) is 0 Å². The van der Waals surface area contributed by atoms with Gasteiger partial charge in [-0.05, 0) is 60.7 Å². The van der Waals surface area contributed by atoms with Gasteiger partial charge in [-0.3, -0.25) is 4.79 Å². The molecule has 4 aromatic rings. The van der Waals surface area contributed by atoms with E-state index in [1.54, 1.807) is 30.0 Å². The summed E-state index contributed by atoms with van der Waals surface area (Å²) in [5, 5.41) is 4.79. The lowest BCUT2D eigenvalue weighted by Gasteiger charge is -2.03. The molecule has 0 bridgehead atoms. The van der Waals surface area contributed by atoms with Crippen LogP contribution in [-0.2, 0) is 0 Å². The first-order valence-corrected chi connectivity index (χ1v) is 10.4. The maximum atomic E-state index is 12.9. The summed E-state index contributed by atoms with van der Waals surface area (Å²) in [5.74, 6) is 1.45. The second-order valence-electron chi connectivity index (χ2n) is 7.02. The second-order valence-corrected chi connectivity index (χ2v) is 7.94. The standard InChI is InChI=1S/C25H17BrN2O3/c1-30-20-10-7-16(8-11-20)24-17(15-28(27-24)19-5-3-2-4-6-19)13-23-25(29)21-14-18(26)9-12-22(21)31-23/h2-15H,1H3/b23-13-. The number of hydrogen-bond donors (Lipinski definition) is 0. The van der Waals surface area contributed by atoms with Crippen molar-refractivity contribution in [3.63, 3.8) is 0 Å². The first-order chi connectivity index (χ1) is 15.1. The summed E-state index contributed by atoms with van der Waals surface area (Å²) in [5.41, 5.74) is 3.90. The Labute approximate surface area is 187 Å². The van der Waals surface area contributed by atoms with Gasteiger partial charge in [0.25, 0.3) is 0 Å². The monoisotopic (exact) mass is 472 g/mol. The molecule has 0 radical (unpaired) electrons. The van der Waals surface area contributed by atoms with Gasteiger partial charge in [0.15, 0.2) is 5.76 Å². The summed E-state index contributed by atoms with van der Waals surface area (Å²) in [6, 6.07) is 22.9. The van der Waals surface area contributed by atoms with Crippen LogP contribution < -0.4 is 9.47 Å². The molecule has 1 aromatic heterocycles. The fraction of sp³-hybridized carbons (Fsp3) is 0.0400. The van der Waals surface area contributed by atoms with Gasteiger partial charge < -0.3 is 9.47 Å². The van der Waals surface area contributed by atoms with E-state index in [0.29, 0.717) is 11.3 Å². The smallest absolute Gasteiger partial charge is 0.232 e. The number of benzene rings is 3. The summed E-state index contributed by atoms with van der Waals surface area (Å²) in [6.45, 7) is 0. The van der Waals surface area contributed by atoms with Crippen LogP contribution in [0.15, 0.2) is 89.2 Å². The molecular weight excluding hydrogens is 456 g/mol. The van der Waals surface area contributed by atoms with E-state index in [1.165, 1.54) is 0 Å². The van der Waals surface area contributed by atoms with Gasteiger partial charge in [0.05, 0.1) is 18.4 Å². The number of carbonyl (C=O) groups excluding carboxylic acids is 1. The molecule has 0 saturated heterocycles. The Morgan fingerprint density at radius 1 is 1.03 bits per heavy atom. The lowest BCUT2D eigenvalue weighted by atomic mass is 10.1. The number of allylic oxidation sites excluding steroid dienone is 1. The van der Waals surface area contributed by atoms with Crippen molar-refractivity contribution in [1.82, 2.24) is 9.78 Å². The van der Waals surface area contributed by atoms with Gasteiger partial charge in [-0.15, -0.1) is 0 Å². The van der Waals surface area contributed by atoms with E-state index >= 15 is 0 Å². The number of ether oxygens (including phenoxy) is 2. The van der Waals surface area contributed by atoms with Crippen molar-refractivity contribution in [3.05, 3.63) is 100 Å². The molecule has 31 heavy (non-hydrogen) atoms. The van der Waals surface area contributed by atoms with Crippen LogP contribution in [0.2, 0.25) is 0 Å². The summed E-state index contributed by atoms with van der Waals surface area (Å²) in [4.78, 5) is 12.9. The van der Waals surface area contributed by atoms with Crippen LogP contribution in [0.4, 0.5) is 0 Å². The number of halogens is 1. The minimum Gasteiger partial charge on any atom is -0.497 e. The number of methoxy groups -OCH3 is 1. The molecule has 5 rings (SSSR count). The second kappa shape index (κ2) is 7.89. The Morgan fingerprint density at radius 2 is 1.81 bits per heavy atom. The molecule has 0 unspecified atom stereocenters. The van der Waals surface area contributed by atoms with E-state index in [-0.39, 0.29) is 11.5 Å². The molecule has 152 valence electrons. The van der Waals surface area contributed by atoms with Crippen LogP contribution in [0.5, 0.6) is 11.5 Å². The third-order valence-corrected chi connectivity index (χ3v) is 5.54. The van der Waals surface area contributed by atoms with Crippen LogP contribution in [0.1, 0.15) is 15.9 Å². The predicted molar refractivity (Wildman–Crippen MR) is 123 cm³/mol. The van der Waals surface area contributed by atoms with Gasteiger partial charge in [-0.2, -0.15) is 5.10 Å². The lowest BCUT2D eigenvalue weighted by molar-refractivity contribution is 0.101. The zero-order valence-electron chi connectivity index (χ0n) is 16.6. The fourth-order valence-corrected chi connectivity index (χ4v) is 3.84. The average Bonchev–Trinajstić information content (AvgIpc) is 3.36. The topological polar surface area (TPSA) is 53.4 Å². The van der Waals surface area contributed by atoms with Gasteiger partial charge in [0.1, 0.15) is 17.2 Å². The maximum absolute atomic E-state index is 12.9. The van der Waals surface area contributed by atoms with E-state index in [2.05, 4.69) is 15.9 Å². The van der Waals surface area contributed by atoms with Crippen molar-refractivity contribution in [2.75, 3.05) is 7.11 Å². The number of ketones is 1. The summed E-state index contributed by atoms with van der Waals surface area (Å²) in [6.07, 6.45) is 3.65. The van der Waals surface area contributed by atoms with Crippen molar-refractivity contribution in [3.8, 4) is 28.4 Å². The minimum absolute atomic E-state index is 0.149. The normalized spacial score (nSPS) is 13.9. The van der Waals surface area contributed by atoms with Crippen molar-refractivity contribution in [2.45, 2.75) is 0 Å². The molecule has 0 saturated carbocycles. The number of nitrogens with zero attached hydrogens (tertiary/aromatic N) is 2. The first-order valence-electron chi connectivity index (χ1n) is 9.66. The lowest BCUT2D eigenvalue weighted by Crippen LogP contribution is -1.98. The van der Waals surface area contributed by atoms with E-state index in [9.17, 15) is 4.79 Å². The molecule has 5 nitrogen and oxygen atoms in total. The molecule has 3 aromatic carbocycles. The van der Waals surface area contributed by atoms with Crippen LogP contribution in [-0.4, -0.2) is 22.7 Å². The number of rotatable bonds is 4. The Kier molecular flexibility index (Phi) is 4.92. The molecule has 0 amide bonds. The van der Waals surface area contributed by atoms with Crippen molar-refractivity contribution >= 4 is 27.8 Å². The molecule has 6 heteroatoms. The van der Waals surface area contributed by atoms with Crippen LogP contribution in [0, 0.1) is 0 Å². The minimum atomic E-state index is -0.149. The number of Topliss-reactive ketones (excluding diaryl/α,β-unsaturated/α-hetero) is 1. The third kappa shape index (κ3) is 3.66. The highest BCUT2D eigenvalue weighted by Crippen LogP contribution is 2.35. The van der Waals surface area contributed by atoms with E-state index in [4.69, 9.17) is 14.6 Å². The Morgan fingerprint density at radius 3 is 2.55 bits per heavy atom. The highest BCUT2D eigenvalue weighted by molar-refractivity contribution is 9.10. The summed E-state index contributed by atoms with van der Waals surface area (Å²) >= 11 is 3.41. The predicted octanol–water partition coefficient (Wildman–Crippen LogP) is 5.93. The quantitative estimate of drug-likeness (QED) is 0.345. The number of aromatic nitrogens is 2. The van der Waals surface area contributed by atoms with Crippen LogP contribution >= 0.6 is 15.9 Å². The Bertz CT molecular complexity index is 1310. The largest absolute Gasteiger partial charge is 0.497 e. The molecule has 2 heterocycles. The molecule has 0 N–H and O–H groups in total. The summed E-state index contributed by atoms with van der Waals surface area (Å²) in [7, 11) is 1.63. The molecule has 0 aliphatic carbocycles.